The first kappa shape index (κ1) is 13.1. The molecule has 1 aromatic carbocycles. The maximum Gasteiger partial charge on any atom is 0.0740 e. The van der Waals surface area contributed by atoms with Gasteiger partial charge in [0.2, 0.25) is 0 Å². The van der Waals surface area contributed by atoms with Crippen LogP contribution in [0.5, 0.6) is 0 Å². The molecule has 17 heavy (non-hydrogen) atoms. The summed E-state index contributed by atoms with van der Waals surface area (Å²) in [5.41, 5.74) is 2.52. The van der Waals surface area contributed by atoms with Crippen LogP contribution in [-0.4, -0.2) is 0 Å². The van der Waals surface area contributed by atoms with Crippen molar-refractivity contribution in [1.82, 2.24) is 0 Å². The van der Waals surface area contributed by atoms with Crippen molar-refractivity contribution in [1.29, 1.82) is 0 Å². The van der Waals surface area contributed by atoms with E-state index in [2.05, 4.69) is 48.0 Å². The molecule has 1 aromatic heterocycles. The van der Waals surface area contributed by atoms with E-state index < -0.39 is 0 Å². The van der Waals surface area contributed by atoms with E-state index in [1.165, 1.54) is 20.9 Å². The fraction of sp³-hybridized carbons (Fsp3) is 0.286. The van der Waals surface area contributed by atoms with Crippen LogP contribution < -0.4 is 0 Å². The van der Waals surface area contributed by atoms with Crippen LogP contribution in [-0.2, 0) is 6.42 Å². The number of thiophene rings is 1. The molecule has 0 amide bonds. The standard InChI is InChI=1S/C14H14BrClS/c1-3-11-5-7-13(17-11)14(15)12-6-4-10(16)8-9(12)2/h4-8,14H,3H2,1-2H3. The molecule has 3 heteroatoms. The summed E-state index contributed by atoms with van der Waals surface area (Å²) >= 11 is 11.6. The smallest absolute Gasteiger partial charge is 0.0740 e. The molecule has 0 aliphatic rings. The van der Waals surface area contributed by atoms with Crippen LogP contribution >= 0.6 is 38.9 Å². The molecule has 90 valence electrons. The third-order valence-corrected chi connectivity index (χ3v) is 5.60. The predicted octanol–water partition coefficient (Wildman–Crippen LogP) is 5.76. The molecule has 0 radical (unpaired) electrons. The first-order chi connectivity index (χ1) is 8.11. The fourth-order valence-corrected chi connectivity index (χ4v) is 3.92. The second-order valence-electron chi connectivity index (χ2n) is 4.02. The molecule has 0 bridgehead atoms. The topological polar surface area (TPSA) is 0 Å². The van der Waals surface area contributed by atoms with Crippen molar-refractivity contribution >= 4 is 38.9 Å². The Labute approximate surface area is 120 Å². The van der Waals surface area contributed by atoms with Gasteiger partial charge in [0, 0.05) is 14.8 Å². The first-order valence-corrected chi connectivity index (χ1v) is 7.71. The van der Waals surface area contributed by atoms with Crippen molar-refractivity contribution in [2.24, 2.45) is 0 Å². The van der Waals surface area contributed by atoms with Crippen molar-refractivity contribution in [3.8, 4) is 0 Å². The summed E-state index contributed by atoms with van der Waals surface area (Å²) in [6.45, 7) is 4.29. The summed E-state index contributed by atoms with van der Waals surface area (Å²) in [7, 11) is 0. The van der Waals surface area contributed by atoms with E-state index in [0.717, 1.165) is 11.4 Å². The van der Waals surface area contributed by atoms with Gasteiger partial charge in [0.25, 0.3) is 0 Å². The van der Waals surface area contributed by atoms with E-state index in [-0.39, 0.29) is 4.83 Å². The second kappa shape index (κ2) is 5.55. The van der Waals surface area contributed by atoms with E-state index in [1.54, 1.807) is 0 Å². The van der Waals surface area contributed by atoms with Crippen molar-refractivity contribution in [2.75, 3.05) is 0 Å². The highest BCUT2D eigenvalue weighted by Crippen LogP contribution is 2.37. The zero-order valence-electron chi connectivity index (χ0n) is 9.84. The van der Waals surface area contributed by atoms with Gasteiger partial charge >= 0.3 is 0 Å². The summed E-state index contributed by atoms with van der Waals surface area (Å²) in [5, 5.41) is 0.798. The zero-order chi connectivity index (χ0) is 12.4. The lowest BCUT2D eigenvalue weighted by Crippen LogP contribution is -1.93. The maximum atomic E-state index is 5.98. The Bertz CT molecular complexity index is 519. The predicted molar refractivity (Wildman–Crippen MR) is 80.7 cm³/mol. The summed E-state index contributed by atoms with van der Waals surface area (Å²) in [5.74, 6) is 0. The fourth-order valence-electron chi connectivity index (χ4n) is 1.80. The molecule has 1 heterocycles. The summed E-state index contributed by atoms with van der Waals surface area (Å²) in [6, 6.07) is 10.5. The number of alkyl halides is 1. The molecule has 2 aromatic rings. The van der Waals surface area contributed by atoms with Gasteiger partial charge in [-0.25, -0.2) is 0 Å². The van der Waals surface area contributed by atoms with Crippen molar-refractivity contribution in [3.63, 3.8) is 0 Å². The molecular formula is C14H14BrClS. The Kier molecular flexibility index (Phi) is 4.29. The quantitative estimate of drug-likeness (QED) is 0.628. The number of hydrogen-bond acceptors (Lipinski definition) is 1. The van der Waals surface area contributed by atoms with E-state index in [1.807, 2.05) is 23.5 Å². The molecule has 1 unspecified atom stereocenters. The minimum Gasteiger partial charge on any atom is -0.144 e. The normalized spacial score (nSPS) is 12.7. The second-order valence-corrected chi connectivity index (χ2v) is 6.57. The van der Waals surface area contributed by atoms with Gasteiger partial charge in [0.1, 0.15) is 0 Å². The molecule has 2 rings (SSSR count). The highest BCUT2D eigenvalue weighted by Gasteiger charge is 2.14. The highest BCUT2D eigenvalue weighted by atomic mass is 79.9. The molecule has 0 saturated carbocycles. The first-order valence-electron chi connectivity index (χ1n) is 5.60. The van der Waals surface area contributed by atoms with Crippen LogP contribution in [0.4, 0.5) is 0 Å². The Balaban J connectivity index is 2.33. The highest BCUT2D eigenvalue weighted by molar-refractivity contribution is 9.09. The summed E-state index contributed by atoms with van der Waals surface area (Å²) < 4.78 is 0. The molecule has 0 aliphatic heterocycles. The van der Waals surface area contributed by atoms with Crippen LogP contribution in [0.2, 0.25) is 5.02 Å². The van der Waals surface area contributed by atoms with Gasteiger partial charge in [-0.15, -0.1) is 11.3 Å². The maximum absolute atomic E-state index is 5.98. The van der Waals surface area contributed by atoms with Gasteiger partial charge in [-0.05, 0) is 48.7 Å². The zero-order valence-corrected chi connectivity index (χ0v) is 13.0. The third-order valence-electron chi connectivity index (χ3n) is 2.79. The minimum absolute atomic E-state index is 0.269. The number of aryl methyl sites for hydroxylation is 2. The third kappa shape index (κ3) is 2.93. The molecule has 0 aliphatic carbocycles. The van der Waals surface area contributed by atoms with Crippen LogP contribution in [0.1, 0.15) is 32.6 Å². The molecule has 0 nitrogen and oxygen atoms in total. The molecular weight excluding hydrogens is 316 g/mol. The van der Waals surface area contributed by atoms with Gasteiger partial charge in [0.05, 0.1) is 4.83 Å². The van der Waals surface area contributed by atoms with Gasteiger partial charge in [0.15, 0.2) is 0 Å². The number of hydrogen-bond donors (Lipinski definition) is 0. The molecule has 0 saturated heterocycles. The minimum atomic E-state index is 0.269. The van der Waals surface area contributed by atoms with Crippen LogP contribution in [0.15, 0.2) is 30.3 Å². The average molecular weight is 330 g/mol. The van der Waals surface area contributed by atoms with E-state index >= 15 is 0 Å². The van der Waals surface area contributed by atoms with Crippen LogP contribution in [0, 0.1) is 6.92 Å². The lowest BCUT2D eigenvalue weighted by molar-refractivity contribution is 1.18. The number of rotatable bonds is 3. The van der Waals surface area contributed by atoms with Crippen molar-refractivity contribution < 1.29 is 0 Å². The summed E-state index contributed by atoms with van der Waals surface area (Å²) in [4.78, 5) is 3.05. The Morgan fingerprint density at radius 2 is 2.06 bits per heavy atom. The van der Waals surface area contributed by atoms with Gasteiger partial charge < -0.3 is 0 Å². The average Bonchev–Trinajstić information content (AvgIpc) is 2.76. The van der Waals surface area contributed by atoms with Crippen molar-refractivity contribution in [3.05, 3.63) is 56.2 Å². The number of halogens is 2. The molecule has 0 spiro atoms. The van der Waals surface area contributed by atoms with E-state index in [9.17, 15) is 0 Å². The van der Waals surface area contributed by atoms with Crippen LogP contribution in [0.3, 0.4) is 0 Å². The lowest BCUT2D eigenvalue weighted by atomic mass is 10.1. The SMILES string of the molecule is CCc1ccc(C(Br)c2ccc(Cl)cc2C)s1. The molecule has 1 atom stereocenters. The van der Waals surface area contributed by atoms with Crippen LogP contribution in [0.25, 0.3) is 0 Å². The Morgan fingerprint density at radius 1 is 1.29 bits per heavy atom. The Morgan fingerprint density at radius 3 is 2.65 bits per heavy atom. The van der Waals surface area contributed by atoms with Gasteiger partial charge in [-0.3, -0.25) is 0 Å². The van der Waals surface area contributed by atoms with E-state index in [4.69, 9.17) is 11.6 Å². The Hall–Kier alpha value is -0.310. The van der Waals surface area contributed by atoms with E-state index in [0.29, 0.717) is 0 Å². The molecule has 0 fully saturated rings. The molecule has 0 N–H and O–H groups in total. The monoisotopic (exact) mass is 328 g/mol. The van der Waals surface area contributed by atoms with Gasteiger partial charge in [-0.2, -0.15) is 0 Å². The largest absolute Gasteiger partial charge is 0.144 e. The lowest BCUT2D eigenvalue weighted by Gasteiger charge is -2.11. The summed E-state index contributed by atoms with van der Waals surface area (Å²) in [6.07, 6.45) is 1.10. The van der Waals surface area contributed by atoms with Crippen molar-refractivity contribution in [2.45, 2.75) is 25.1 Å². The van der Waals surface area contributed by atoms with Gasteiger partial charge in [-0.1, -0.05) is 40.5 Å². The number of benzene rings is 1.